The van der Waals surface area contributed by atoms with Crippen LogP contribution in [0.15, 0.2) is 5.16 Å². The molecule has 1 aliphatic rings. The molecule has 110 valence electrons. The molecule has 0 heterocycles. The summed E-state index contributed by atoms with van der Waals surface area (Å²) in [5.74, 6) is -0.182. The molecule has 1 amide bonds. The topological polar surface area (TPSA) is 70.9 Å². The van der Waals surface area contributed by atoms with Gasteiger partial charge in [-0.2, -0.15) is 0 Å². The average molecular weight is 270 g/mol. The number of rotatable bonds is 8. The zero-order valence-electron chi connectivity index (χ0n) is 12.2. The Hall–Kier alpha value is -1.10. The molecule has 19 heavy (non-hydrogen) atoms. The first-order chi connectivity index (χ1) is 8.97. The van der Waals surface area contributed by atoms with Crippen LogP contribution in [0.5, 0.6) is 0 Å². The molecule has 1 atom stereocenters. The Bertz CT molecular complexity index is 321. The number of nitrogens with zero attached hydrogens (tertiary/aromatic N) is 1. The fourth-order valence-electron chi connectivity index (χ4n) is 1.92. The molecular formula is C14H26N2O3. The first-order valence-electron chi connectivity index (χ1n) is 7.14. The number of oxime groups is 1. The monoisotopic (exact) mass is 270 g/mol. The molecule has 0 unspecified atom stereocenters. The van der Waals surface area contributed by atoms with Crippen LogP contribution in [0.2, 0.25) is 0 Å². The van der Waals surface area contributed by atoms with Crippen molar-refractivity contribution in [1.29, 1.82) is 0 Å². The molecule has 5 heteroatoms. The van der Waals surface area contributed by atoms with Crippen LogP contribution in [0.25, 0.3) is 0 Å². The number of nitrogens with one attached hydrogen (secondary N) is 1. The fraction of sp³-hybridized carbons (Fsp3) is 0.857. The molecule has 1 aliphatic carbocycles. The quantitative estimate of drug-likeness (QED) is 0.523. The minimum atomic E-state index is -0.699. The van der Waals surface area contributed by atoms with Crippen LogP contribution in [-0.4, -0.2) is 35.0 Å². The van der Waals surface area contributed by atoms with Gasteiger partial charge in [-0.15, -0.1) is 0 Å². The van der Waals surface area contributed by atoms with E-state index in [1.54, 1.807) is 0 Å². The van der Waals surface area contributed by atoms with Crippen molar-refractivity contribution in [3.05, 3.63) is 0 Å². The minimum absolute atomic E-state index is 0.182. The summed E-state index contributed by atoms with van der Waals surface area (Å²) in [6.07, 6.45) is 4.57. The zero-order valence-corrected chi connectivity index (χ0v) is 12.2. The highest BCUT2D eigenvalue weighted by Crippen LogP contribution is 2.30. The van der Waals surface area contributed by atoms with E-state index in [0.717, 1.165) is 37.8 Å². The van der Waals surface area contributed by atoms with Crippen molar-refractivity contribution in [2.24, 2.45) is 5.16 Å². The van der Waals surface area contributed by atoms with Crippen LogP contribution in [0, 0.1) is 0 Å². The molecule has 2 N–H and O–H groups in total. The SMILES string of the molecule is CCCC[C@@H](ON=C(C)C)C(=O)NCC1(O)CCC1. The third-order valence-electron chi connectivity index (χ3n) is 3.35. The molecule has 5 nitrogen and oxygen atoms in total. The van der Waals surface area contributed by atoms with Crippen molar-refractivity contribution in [1.82, 2.24) is 5.32 Å². The second kappa shape index (κ2) is 7.48. The van der Waals surface area contributed by atoms with Gasteiger partial charge in [-0.1, -0.05) is 18.5 Å². The van der Waals surface area contributed by atoms with Gasteiger partial charge in [0.05, 0.1) is 11.3 Å². The normalized spacial score (nSPS) is 18.1. The van der Waals surface area contributed by atoms with E-state index >= 15 is 0 Å². The Morgan fingerprint density at radius 2 is 2.16 bits per heavy atom. The molecule has 0 aliphatic heterocycles. The maximum Gasteiger partial charge on any atom is 0.264 e. The third-order valence-corrected chi connectivity index (χ3v) is 3.35. The predicted octanol–water partition coefficient (Wildman–Crippen LogP) is 1.99. The van der Waals surface area contributed by atoms with Crippen LogP contribution >= 0.6 is 0 Å². The molecule has 0 aromatic heterocycles. The van der Waals surface area contributed by atoms with E-state index in [4.69, 9.17) is 4.84 Å². The molecule has 0 spiro atoms. The van der Waals surface area contributed by atoms with Crippen LogP contribution in [0.4, 0.5) is 0 Å². The Balaban J connectivity index is 2.42. The second-order valence-corrected chi connectivity index (χ2v) is 5.57. The summed E-state index contributed by atoms with van der Waals surface area (Å²) in [5, 5.41) is 16.6. The predicted molar refractivity (Wildman–Crippen MR) is 75.0 cm³/mol. The van der Waals surface area contributed by atoms with E-state index in [9.17, 15) is 9.90 Å². The van der Waals surface area contributed by atoms with Crippen LogP contribution in [-0.2, 0) is 9.63 Å². The second-order valence-electron chi connectivity index (χ2n) is 5.57. The lowest BCUT2D eigenvalue weighted by atomic mass is 9.80. The average Bonchev–Trinajstić information content (AvgIpc) is 2.33. The summed E-state index contributed by atoms with van der Waals surface area (Å²) >= 11 is 0. The van der Waals surface area contributed by atoms with E-state index in [1.165, 1.54) is 0 Å². The first kappa shape index (κ1) is 16.0. The van der Waals surface area contributed by atoms with E-state index in [1.807, 2.05) is 13.8 Å². The van der Waals surface area contributed by atoms with Gasteiger partial charge in [0.15, 0.2) is 0 Å². The van der Waals surface area contributed by atoms with Crippen LogP contribution < -0.4 is 5.32 Å². The summed E-state index contributed by atoms with van der Waals surface area (Å²) in [4.78, 5) is 17.3. The minimum Gasteiger partial charge on any atom is -0.388 e. The lowest BCUT2D eigenvalue weighted by molar-refractivity contribution is -0.135. The maximum absolute atomic E-state index is 12.0. The molecular weight excluding hydrogens is 244 g/mol. The summed E-state index contributed by atoms with van der Waals surface area (Å²) in [6.45, 7) is 6.03. The van der Waals surface area contributed by atoms with Crippen LogP contribution in [0.1, 0.15) is 59.3 Å². The lowest BCUT2D eigenvalue weighted by Gasteiger charge is -2.36. The Kier molecular flexibility index (Phi) is 6.28. The van der Waals surface area contributed by atoms with Crippen molar-refractivity contribution in [3.63, 3.8) is 0 Å². The molecule has 0 aromatic carbocycles. The molecule has 1 rings (SSSR count). The largest absolute Gasteiger partial charge is 0.388 e. The lowest BCUT2D eigenvalue weighted by Crippen LogP contribution is -2.50. The standard InChI is InChI=1S/C14H26N2O3/c1-4-5-7-12(19-16-11(2)3)13(17)15-10-14(18)8-6-9-14/h12,18H,4-10H2,1-3H3,(H,15,17)/t12-/m1/s1. The van der Waals surface area contributed by atoms with Gasteiger partial charge in [-0.25, -0.2) is 0 Å². The number of unbranched alkanes of at least 4 members (excludes halogenated alkanes) is 1. The van der Waals surface area contributed by atoms with Crippen molar-refractivity contribution >= 4 is 11.6 Å². The van der Waals surface area contributed by atoms with Crippen molar-refractivity contribution < 1.29 is 14.7 Å². The van der Waals surface area contributed by atoms with Gasteiger partial charge in [-0.05, 0) is 46.0 Å². The van der Waals surface area contributed by atoms with E-state index < -0.39 is 11.7 Å². The molecule has 0 aromatic rings. The van der Waals surface area contributed by atoms with Crippen molar-refractivity contribution in [2.45, 2.75) is 71.0 Å². The van der Waals surface area contributed by atoms with Gasteiger partial charge in [0.1, 0.15) is 0 Å². The number of carbonyl (C=O) groups is 1. The highest BCUT2D eigenvalue weighted by molar-refractivity contribution is 5.81. The molecule has 0 radical (unpaired) electrons. The number of carbonyl (C=O) groups excluding carboxylic acids is 1. The van der Waals surface area contributed by atoms with E-state index in [2.05, 4.69) is 17.4 Å². The molecule has 1 saturated carbocycles. The Morgan fingerprint density at radius 3 is 2.63 bits per heavy atom. The zero-order chi connectivity index (χ0) is 14.3. The van der Waals surface area contributed by atoms with Gasteiger partial charge in [-0.3, -0.25) is 4.79 Å². The molecule has 0 saturated heterocycles. The number of hydrogen-bond donors (Lipinski definition) is 2. The van der Waals surface area contributed by atoms with Gasteiger partial charge in [0.25, 0.3) is 5.91 Å². The Morgan fingerprint density at radius 1 is 1.47 bits per heavy atom. The van der Waals surface area contributed by atoms with E-state index in [-0.39, 0.29) is 5.91 Å². The maximum atomic E-state index is 12.0. The van der Waals surface area contributed by atoms with Crippen molar-refractivity contribution in [2.75, 3.05) is 6.54 Å². The Labute approximate surface area is 115 Å². The van der Waals surface area contributed by atoms with Gasteiger partial charge < -0.3 is 15.3 Å². The number of aliphatic hydroxyl groups is 1. The first-order valence-corrected chi connectivity index (χ1v) is 7.14. The highest BCUT2D eigenvalue weighted by atomic mass is 16.6. The summed E-state index contributed by atoms with van der Waals surface area (Å²) < 4.78 is 0. The number of amides is 1. The van der Waals surface area contributed by atoms with Gasteiger partial charge in [0, 0.05) is 6.54 Å². The number of hydrogen-bond acceptors (Lipinski definition) is 4. The van der Waals surface area contributed by atoms with Crippen molar-refractivity contribution in [3.8, 4) is 0 Å². The fourth-order valence-corrected chi connectivity index (χ4v) is 1.92. The summed E-state index contributed by atoms with van der Waals surface area (Å²) in [5.41, 5.74) is 0.0847. The molecule has 0 bridgehead atoms. The van der Waals surface area contributed by atoms with E-state index in [0.29, 0.717) is 13.0 Å². The van der Waals surface area contributed by atoms with Gasteiger partial charge in [0.2, 0.25) is 6.10 Å². The summed E-state index contributed by atoms with van der Waals surface area (Å²) in [6, 6.07) is 0. The van der Waals surface area contributed by atoms with Crippen LogP contribution in [0.3, 0.4) is 0 Å². The summed E-state index contributed by atoms with van der Waals surface area (Å²) in [7, 11) is 0. The van der Waals surface area contributed by atoms with Gasteiger partial charge >= 0.3 is 0 Å². The third kappa shape index (κ3) is 5.59. The molecule has 1 fully saturated rings. The highest BCUT2D eigenvalue weighted by Gasteiger charge is 2.35. The smallest absolute Gasteiger partial charge is 0.264 e.